The third-order valence-corrected chi connectivity index (χ3v) is 4.62. The molecule has 24 heavy (non-hydrogen) atoms. The van der Waals surface area contributed by atoms with E-state index in [1.807, 2.05) is 25.3 Å². The number of aryl methyl sites for hydroxylation is 2. The largest absolute Gasteiger partial charge is 0.269 e. The number of pyridine rings is 1. The van der Waals surface area contributed by atoms with Gasteiger partial charge in [-0.1, -0.05) is 35.9 Å². The summed E-state index contributed by atoms with van der Waals surface area (Å²) in [4.78, 5) is 17.7. The molecule has 1 aliphatic carbocycles. The van der Waals surface area contributed by atoms with Crippen molar-refractivity contribution >= 4 is 17.3 Å². The van der Waals surface area contributed by atoms with E-state index < -0.39 is 0 Å². The highest BCUT2D eigenvalue weighted by molar-refractivity contribution is 5.82. The van der Waals surface area contributed by atoms with Crippen molar-refractivity contribution in [2.24, 2.45) is 0 Å². The number of hydrogen-bond acceptors (Lipinski definition) is 2. The first-order valence-corrected chi connectivity index (χ1v) is 8.41. The molecule has 0 aliphatic heterocycles. The molecule has 0 bridgehead atoms. The molecule has 4 rings (SSSR count). The van der Waals surface area contributed by atoms with E-state index in [1.54, 1.807) is 4.40 Å². The SMILES string of the molecule is Cc1cccc(C=C2CCCc3c2nc2ccc(C)cn2c3=O)c1. The van der Waals surface area contributed by atoms with Crippen molar-refractivity contribution in [3.8, 4) is 0 Å². The molecule has 0 spiro atoms. The number of fused-ring (bicyclic) bond motifs is 2. The minimum atomic E-state index is 0.0774. The lowest BCUT2D eigenvalue weighted by atomic mass is 9.90. The minimum absolute atomic E-state index is 0.0774. The first kappa shape index (κ1) is 14.9. The van der Waals surface area contributed by atoms with Crippen molar-refractivity contribution in [2.45, 2.75) is 33.1 Å². The fourth-order valence-corrected chi connectivity index (χ4v) is 3.45. The van der Waals surface area contributed by atoms with Crippen molar-refractivity contribution in [3.63, 3.8) is 0 Å². The number of nitrogens with zero attached hydrogens (tertiary/aromatic N) is 2. The molecule has 120 valence electrons. The lowest BCUT2D eigenvalue weighted by Gasteiger charge is -2.18. The highest BCUT2D eigenvalue weighted by Gasteiger charge is 2.20. The van der Waals surface area contributed by atoms with Gasteiger partial charge in [0.05, 0.1) is 5.69 Å². The zero-order valence-corrected chi connectivity index (χ0v) is 14.0. The molecule has 2 aromatic heterocycles. The van der Waals surface area contributed by atoms with Crippen molar-refractivity contribution in [1.29, 1.82) is 0 Å². The second-order valence-electron chi connectivity index (χ2n) is 6.62. The summed E-state index contributed by atoms with van der Waals surface area (Å²) >= 11 is 0. The molecule has 1 aromatic carbocycles. The summed E-state index contributed by atoms with van der Waals surface area (Å²) in [6.45, 7) is 4.09. The highest BCUT2D eigenvalue weighted by Crippen LogP contribution is 2.29. The van der Waals surface area contributed by atoms with Crippen LogP contribution in [0.4, 0.5) is 0 Å². The first-order chi connectivity index (χ1) is 11.6. The summed E-state index contributed by atoms with van der Waals surface area (Å²) in [6.07, 6.45) is 6.84. The average Bonchev–Trinajstić information content (AvgIpc) is 2.57. The van der Waals surface area contributed by atoms with E-state index in [0.29, 0.717) is 0 Å². The van der Waals surface area contributed by atoms with Crippen LogP contribution >= 0.6 is 0 Å². The van der Waals surface area contributed by atoms with Crippen LogP contribution in [0.15, 0.2) is 47.4 Å². The first-order valence-electron chi connectivity index (χ1n) is 8.41. The Labute approximate surface area is 141 Å². The summed E-state index contributed by atoms with van der Waals surface area (Å²) in [7, 11) is 0. The van der Waals surface area contributed by atoms with Crippen LogP contribution in [-0.4, -0.2) is 9.38 Å². The molecule has 0 fully saturated rings. The van der Waals surface area contributed by atoms with Gasteiger partial charge in [-0.3, -0.25) is 9.20 Å². The van der Waals surface area contributed by atoms with Gasteiger partial charge in [0, 0.05) is 11.8 Å². The minimum Gasteiger partial charge on any atom is -0.269 e. The molecule has 3 aromatic rings. The van der Waals surface area contributed by atoms with Crippen LogP contribution in [-0.2, 0) is 6.42 Å². The van der Waals surface area contributed by atoms with Gasteiger partial charge < -0.3 is 0 Å². The Kier molecular flexibility index (Phi) is 3.57. The van der Waals surface area contributed by atoms with Gasteiger partial charge >= 0.3 is 0 Å². The monoisotopic (exact) mass is 316 g/mol. The van der Waals surface area contributed by atoms with E-state index >= 15 is 0 Å². The Morgan fingerprint density at radius 2 is 1.96 bits per heavy atom. The van der Waals surface area contributed by atoms with Crippen molar-refractivity contribution in [3.05, 3.63) is 80.9 Å². The predicted molar refractivity (Wildman–Crippen MR) is 98.2 cm³/mol. The Morgan fingerprint density at radius 1 is 1.08 bits per heavy atom. The molecule has 0 N–H and O–H groups in total. The Balaban J connectivity index is 1.93. The van der Waals surface area contributed by atoms with Gasteiger partial charge in [-0.2, -0.15) is 0 Å². The van der Waals surface area contributed by atoms with Crippen LogP contribution in [0, 0.1) is 13.8 Å². The van der Waals surface area contributed by atoms with Crippen LogP contribution < -0.4 is 5.56 Å². The van der Waals surface area contributed by atoms with E-state index in [-0.39, 0.29) is 5.56 Å². The molecule has 3 heteroatoms. The maximum absolute atomic E-state index is 12.9. The summed E-state index contributed by atoms with van der Waals surface area (Å²) in [5, 5.41) is 0. The van der Waals surface area contributed by atoms with E-state index in [1.165, 1.54) is 16.7 Å². The van der Waals surface area contributed by atoms with Gasteiger partial charge in [-0.15, -0.1) is 0 Å². The number of benzene rings is 1. The fraction of sp³-hybridized carbons (Fsp3) is 0.238. The molecule has 0 amide bonds. The third kappa shape index (κ3) is 2.56. The quantitative estimate of drug-likeness (QED) is 0.674. The van der Waals surface area contributed by atoms with Gasteiger partial charge in [-0.05, 0) is 62.0 Å². The Hall–Kier alpha value is -2.68. The number of allylic oxidation sites excluding steroid dienone is 1. The third-order valence-electron chi connectivity index (χ3n) is 4.62. The van der Waals surface area contributed by atoms with E-state index in [2.05, 4.69) is 37.3 Å². The van der Waals surface area contributed by atoms with Gasteiger partial charge in [0.25, 0.3) is 5.56 Å². The Morgan fingerprint density at radius 3 is 2.79 bits per heavy atom. The van der Waals surface area contributed by atoms with Crippen LogP contribution in [0.1, 0.15) is 40.8 Å². The Bertz CT molecular complexity index is 1030. The lowest BCUT2D eigenvalue weighted by Crippen LogP contribution is -2.24. The average molecular weight is 316 g/mol. The zero-order chi connectivity index (χ0) is 16.7. The smallest absolute Gasteiger partial charge is 0.261 e. The molecular formula is C21H20N2O. The van der Waals surface area contributed by atoms with Gasteiger partial charge in [0.1, 0.15) is 5.65 Å². The van der Waals surface area contributed by atoms with E-state index in [4.69, 9.17) is 4.98 Å². The topological polar surface area (TPSA) is 34.4 Å². The van der Waals surface area contributed by atoms with Gasteiger partial charge in [-0.25, -0.2) is 4.98 Å². The number of rotatable bonds is 1. The number of hydrogen-bond donors (Lipinski definition) is 0. The van der Waals surface area contributed by atoms with Crippen molar-refractivity contribution < 1.29 is 0 Å². The van der Waals surface area contributed by atoms with Gasteiger partial charge in [0.15, 0.2) is 0 Å². The highest BCUT2D eigenvalue weighted by atomic mass is 16.1. The molecule has 2 heterocycles. The normalized spacial score (nSPS) is 15.7. The second-order valence-corrected chi connectivity index (χ2v) is 6.62. The number of aromatic nitrogens is 2. The van der Waals surface area contributed by atoms with Crippen LogP contribution in [0.25, 0.3) is 17.3 Å². The molecule has 0 saturated heterocycles. The van der Waals surface area contributed by atoms with E-state index in [9.17, 15) is 4.79 Å². The molecule has 0 radical (unpaired) electrons. The summed E-state index contributed by atoms with van der Waals surface area (Å²) < 4.78 is 1.68. The van der Waals surface area contributed by atoms with Crippen LogP contribution in [0.2, 0.25) is 0 Å². The molecule has 0 unspecified atom stereocenters. The summed E-state index contributed by atoms with van der Waals surface area (Å²) in [5.41, 5.74) is 7.18. The molecule has 0 saturated carbocycles. The standard InChI is InChI=1S/C21H20N2O/c1-14-5-3-6-16(11-14)12-17-7-4-8-18-20(17)22-19-10-9-15(2)13-23(19)21(18)24/h3,5-6,9-13H,4,7-8H2,1-2H3. The lowest BCUT2D eigenvalue weighted by molar-refractivity contribution is 0.786. The second kappa shape index (κ2) is 5.75. The summed E-state index contributed by atoms with van der Waals surface area (Å²) in [5.74, 6) is 0. The molecule has 1 aliphatic rings. The fourth-order valence-electron chi connectivity index (χ4n) is 3.45. The maximum Gasteiger partial charge on any atom is 0.261 e. The van der Waals surface area contributed by atoms with Crippen LogP contribution in [0.5, 0.6) is 0 Å². The van der Waals surface area contributed by atoms with Crippen LogP contribution in [0.3, 0.4) is 0 Å². The predicted octanol–water partition coefficient (Wildman–Crippen LogP) is 4.19. The summed E-state index contributed by atoms with van der Waals surface area (Å²) in [6, 6.07) is 12.4. The van der Waals surface area contributed by atoms with Crippen molar-refractivity contribution in [1.82, 2.24) is 9.38 Å². The van der Waals surface area contributed by atoms with Gasteiger partial charge in [0.2, 0.25) is 0 Å². The maximum atomic E-state index is 12.9. The van der Waals surface area contributed by atoms with E-state index in [0.717, 1.165) is 41.7 Å². The van der Waals surface area contributed by atoms with Crippen molar-refractivity contribution in [2.75, 3.05) is 0 Å². The molecule has 3 nitrogen and oxygen atoms in total. The molecule has 0 atom stereocenters. The molecular weight excluding hydrogens is 296 g/mol. The zero-order valence-electron chi connectivity index (χ0n) is 14.0.